The highest BCUT2D eigenvalue weighted by atomic mass is 35.5. The summed E-state index contributed by atoms with van der Waals surface area (Å²) in [5.74, 6) is 0. The first kappa shape index (κ1) is 16.5. The molecule has 1 aliphatic carbocycles. The largest absolute Gasteiger partial charge is 0.416 e. The van der Waals surface area contributed by atoms with Crippen molar-refractivity contribution in [3.63, 3.8) is 0 Å². The van der Waals surface area contributed by atoms with Crippen molar-refractivity contribution in [2.45, 2.75) is 42.4 Å². The van der Waals surface area contributed by atoms with Crippen LogP contribution in [-0.2, 0) is 16.2 Å². The number of nitrogens with one attached hydrogen (secondary N) is 1. The zero-order chi connectivity index (χ0) is 15.8. The van der Waals surface area contributed by atoms with Gasteiger partial charge in [-0.3, -0.25) is 0 Å². The van der Waals surface area contributed by atoms with Gasteiger partial charge in [0.25, 0.3) is 0 Å². The maximum atomic E-state index is 12.7. The maximum absolute atomic E-state index is 12.7. The molecule has 118 valence electrons. The lowest BCUT2D eigenvalue weighted by Crippen LogP contribution is -2.43. The molecule has 21 heavy (non-hydrogen) atoms. The highest BCUT2D eigenvalue weighted by Crippen LogP contribution is 2.33. The molecule has 2 unspecified atom stereocenters. The molecule has 0 heterocycles. The van der Waals surface area contributed by atoms with Gasteiger partial charge in [0.15, 0.2) is 0 Å². The van der Waals surface area contributed by atoms with Crippen molar-refractivity contribution in [2.24, 2.45) is 5.73 Å². The zero-order valence-corrected chi connectivity index (χ0v) is 12.4. The van der Waals surface area contributed by atoms with Crippen LogP contribution in [0.2, 0.25) is 5.02 Å². The lowest BCUT2D eigenvalue weighted by atomic mass is 10.2. The Morgan fingerprint density at radius 3 is 2.48 bits per heavy atom. The fourth-order valence-corrected chi connectivity index (χ4v) is 4.13. The van der Waals surface area contributed by atoms with Gasteiger partial charge in [0.1, 0.15) is 4.90 Å². The minimum atomic E-state index is -4.64. The molecule has 1 aromatic rings. The lowest BCUT2D eigenvalue weighted by molar-refractivity contribution is -0.137. The number of alkyl halides is 3. The first-order valence-electron chi connectivity index (χ1n) is 6.26. The van der Waals surface area contributed by atoms with Gasteiger partial charge in [-0.05, 0) is 31.0 Å². The Bertz CT molecular complexity index is 634. The van der Waals surface area contributed by atoms with Crippen LogP contribution in [0.1, 0.15) is 24.8 Å². The summed E-state index contributed by atoms with van der Waals surface area (Å²) in [4.78, 5) is -0.585. The SMILES string of the molecule is NC1CCCC1NS(=O)(=O)c1cc(C(F)(F)F)ccc1Cl. The van der Waals surface area contributed by atoms with Crippen LogP contribution in [0, 0.1) is 0 Å². The maximum Gasteiger partial charge on any atom is 0.416 e. The molecule has 4 nitrogen and oxygen atoms in total. The third-order valence-corrected chi connectivity index (χ3v) is 5.40. The normalized spacial score (nSPS) is 23.5. The van der Waals surface area contributed by atoms with E-state index in [1.807, 2.05) is 0 Å². The third-order valence-electron chi connectivity index (χ3n) is 3.42. The topological polar surface area (TPSA) is 72.2 Å². The molecule has 0 saturated heterocycles. The van der Waals surface area contributed by atoms with Gasteiger partial charge in [-0.25, -0.2) is 13.1 Å². The molecule has 9 heteroatoms. The lowest BCUT2D eigenvalue weighted by Gasteiger charge is -2.18. The van der Waals surface area contributed by atoms with Gasteiger partial charge < -0.3 is 5.73 Å². The summed E-state index contributed by atoms with van der Waals surface area (Å²) in [5.41, 5.74) is 4.69. The molecular weight excluding hydrogens is 329 g/mol. The molecular formula is C12H14ClF3N2O2S. The van der Waals surface area contributed by atoms with Gasteiger partial charge in [0.2, 0.25) is 10.0 Å². The fraction of sp³-hybridized carbons (Fsp3) is 0.500. The summed E-state index contributed by atoms with van der Waals surface area (Å²) in [7, 11) is -4.15. The van der Waals surface area contributed by atoms with E-state index in [9.17, 15) is 21.6 Å². The molecule has 0 radical (unpaired) electrons. The predicted octanol–water partition coefficient (Wildman–Crippen LogP) is 2.52. The molecule has 0 bridgehead atoms. The Labute approximate surface area is 125 Å². The van der Waals surface area contributed by atoms with Crippen molar-refractivity contribution in [2.75, 3.05) is 0 Å². The molecule has 0 aliphatic heterocycles. The molecule has 3 N–H and O–H groups in total. The highest BCUT2D eigenvalue weighted by Gasteiger charge is 2.34. The van der Waals surface area contributed by atoms with Crippen LogP contribution in [0.3, 0.4) is 0 Å². The average Bonchev–Trinajstić information content (AvgIpc) is 2.73. The van der Waals surface area contributed by atoms with E-state index in [-0.39, 0.29) is 11.1 Å². The first-order chi connectivity index (χ1) is 9.61. The smallest absolute Gasteiger partial charge is 0.326 e. The van der Waals surface area contributed by atoms with Crippen LogP contribution >= 0.6 is 11.6 Å². The van der Waals surface area contributed by atoms with Crippen LogP contribution in [-0.4, -0.2) is 20.5 Å². The summed E-state index contributed by atoms with van der Waals surface area (Å²) < 4.78 is 64.8. The Balaban J connectivity index is 2.35. The quantitative estimate of drug-likeness (QED) is 0.886. The van der Waals surface area contributed by atoms with Crippen molar-refractivity contribution in [1.29, 1.82) is 0 Å². The summed E-state index contributed by atoms with van der Waals surface area (Å²) in [6.07, 6.45) is -2.65. The molecule has 0 aromatic heterocycles. The summed E-state index contributed by atoms with van der Waals surface area (Å²) in [6, 6.07) is 1.37. The second-order valence-corrected chi connectivity index (χ2v) is 7.06. The zero-order valence-electron chi connectivity index (χ0n) is 10.8. The van der Waals surface area contributed by atoms with Gasteiger partial charge in [0.05, 0.1) is 10.6 Å². The summed E-state index contributed by atoms with van der Waals surface area (Å²) >= 11 is 5.73. The Morgan fingerprint density at radius 2 is 1.95 bits per heavy atom. The number of hydrogen-bond donors (Lipinski definition) is 2. The van der Waals surface area contributed by atoms with E-state index in [0.717, 1.165) is 18.6 Å². The Kier molecular flexibility index (Phi) is 4.53. The van der Waals surface area contributed by atoms with E-state index in [1.165, 1.54) is 0 Å². The van der Waals surface area contributed by atoms with Crippen molar-refractivity contribution in [1.82, 2.24) is 4.72 Å². The number of halogens is 4. The first-order valence-corrected chi connectivity index (χ1v) is 8.12. The monoisotopic (exact) mass is 342 g/mol. The van der Waals surface area contributed by atoms with E-state index in [0.29, 0.717) is 18.9 Å². The van der Waals surface area contributed by atoms with Gasteiger partial charge in [-0.15, -0.1) is 0 Å². The number of sulfonamides is 1. The van der Waals surface area contributed by atoms with Crippen LogP contribution in [0.4, 0.5) is 13.2 Å². The minimum Gasteiger partial charge on any atom is -0.326 e. The van der Waals surface area contributed by atoms with Crippen molar-refractivity contribution in [3.05, 3.63) is 28.8 Å². The molecule has 0 amide bonds. The number of hydrogen-bond acceptors (Lipinski definition) is 3. The number of rotatable bonds is 3. The van der Waals surface area contributed by atoms with E-state index in [2.05, 4.69) is 4.72 Å². The second-order valence-electron chi connectivity index (χ2n) is 4.97. The highest BCUT2D eigenvalue weighted by molar-refractivity contribution is 7.89. The standard InChI is InChI=1S/C12H14ClF3N2O2S/c13-8-5-4-7(12(14,15)16)6-11(8)21(19,20)18-10-3-1-2-9(10)17/h4-6,9-10,18H,1-3,17H2. The molecule has 0 spiro atoms. The van der Waals surface area contributed by atoms with E-state index >= 15 is 0 Å². The van der Waals surface area contributed by atoms with E-state index in [1.54, 1.807) is 0 Å². The molecule has 1 fully saturated rings. The second kappa shape index (κ2) is 5.75. The van der Waals surface area contributed by atoms with Gasteiger partial charge in [-0.1, -0.05) is 18.0 Å². The van der Waals surface area contributed by atoms with Gasteiger partial charge >= 0.3 is 6.18 Å². The predicted molar refractivity (Wildman–Crippen MR) is 72.4 cm³/mol. The molecule has 1 aliphatic rings. The van der Waals surface area contributed by atoms with E-state index < -0.39 is 32.7 Å². The van der Waals surface area contributed by atoms with Crippen LogP contribution in [0.15, 0.2) is 23.1 Å². The van der Waals surface area contributed by atoms with Gasteiger partial charge in [0, 0.05) is 12.1 Å². The molecule has 1 aromatic carbocycles. The molecule has 1 saturated carbocycles. The summed E-state index contributed by atoms with van der Waals surface area (Å²) in [5, 5.41) is -0.262. The Morgan fingerprint density at radius 1 is 1.29 bits per heavy atom. The van der Waals surface area contributed by atoms with Gasteiger partial charge in [-0.2, -0.15) is 13.2 Å². The fourth-order valence-electron chi connectivity index (χ4n) is 2.28. The van der Waals surface area contributed by atoms with Crippen molar-refractivity contribution >= 4 is 21.6 Å². The van der Waals surface area contributed by atoms with Crippen LogP contribution in [0.25, 0.3) is 0 Å². The summed E-state index contributed by atoms with van der Waals surface area (Å²) in [6.45, 7) is 0. The minimum absolute atomic E-state index is 0.262. The molecule has 2 rings (SSSR count). The van der Waals surface area contributed by atoms with Crippen molar-refractivity contribution in [3.8, 4) is 0 Å². The Hall–Kier alpha value is -0.830. The van der Waals surface area contributed by atoms with E-state index in [4.69, 9.17) is 17.3 Å². The number of nitrogens with two attached hydrogens (primary N) is 1. The average molecular weight is 343 g/mol. The number of benzene rings is 1. The van der Waals surface area contributed by atoms with Crippen LogP contribution < -0.4 is 10.5 Å². The van der Waals surface area contributed by atoms with Crippen molar-refractivity contribution < 1.29 is 21.6 Å². The third kappa shape index (κ3) is 3.68. The van der Waals surface area contributed by atoms with Crippen LogP contribution in [0.5, 0.6) is 0 Å². The molecule has 2 atom stereocenters.